The van der Waals surface area contributed by atoms with Crippen LogP contribution in [0.4, 0.5) is 11.4 Å². The Labute approximate surface area is 253 Å². The number of rotatable bonds is 7. The fourth-order valence-electron chi connectivity index (χ4n) is 5.28. The quantitative estimate of drug-likeness (QED) is 0.272. The second-order valence-corrected chi connectivity index (χ2v) is 12.5. The van der Waals surface area contributed by atoms with E-state index in [1.165, 1.54) is 23.8 Å². The molecular weight excluding hydrogens is 598 g/mol. The maximum Gasteiger partial charge on any atom is 0.305 e. The second-order valence-electron chi connectivity index (χ2n) is 9.85. The number of H-pyrrole nitrogens is 1. The first-order chi connectivity index (χ1) is 20.2. The summed E-state index contributed by atoms with van der Waals surface area (Å²) in [6.07, 6.45) is 0. The molecule has 3 atom stereocenters. The Morgan fingerprint density at radius 2 is 1.81 bits per heavy atom. The third kappa shape index (κ3) is 5.19. The average molecular weight is 622 g/mol. The van der Waals surface area contributed by atoms with Crippen molar-refractivity contribution in [3.63, 3.8) is 0 Å². The number of aromatic amines is 1. The van der Waals surface area contributed by atoms with Crippen LogP contribution in [0.5, 0.6) is 11.5 Å². The van der Waals surface area contributed by atoms with Gasteiger partial charge in [0.15, 0.2) is 18.1 Å². The van der Waals surface area contributed by atoms with E-state index in [4.69, 9.17) is 21.1 Å². The second kappa shape index (κ2) is 11.3. The molecule has 9 nitrogen and oxygen atoms in total. The van der Waals surface area contributed by atoms with Gasteiger partial charge in [-0.05, 0) is 66.6 Å². The number of methoxy groups -OCH3 is 1. The molecule has 0 bridgehead atoms. The lowest BCUT2D eigenvalue weighted by Gasteiger charge is -2.30. The number of thioether (sulfide) groups is 1. The van der Waals surface area contributed by atoms with Crippen molar-refractivity contribution in [2.75, 3.05) is 23.9 Å². The maximum atomic E-state index is 13.9. The monoisotopic (exact) mass is 621 g/mol. The first-order valence-electron chi connectivity index (χ1n) is 12.9. The molecule has 0 aliphatic carbocycles. The molecule has 12 heteroatoms. The first-order valence-corrected chi connectivity index (χ1v) is 15.0. The molecule has 1 aromatic heterocycles. The number of halogens is 1. The highest BCUT2D eigenvalue weighted by atomic mass is 35.5. The number of ether oxygens (including phenoxy) is 2. The minimum atomic E-state index is -0.756. The highest BCUT2D eigenvalue weighted by Crippen LogP contribution is 2.53. The van der Waals surface area contributed by atoms with Crippen LogP contribution in [0, 0.1) is 12.8 Å². The number of hydrogen-bond acceptors (Lipinski definition) is 8. The lowest BCUT2D eigenvalue weighted by atomic mass is 9.83. The van der Waals surface area contributed by atoms with E-state index < -0.39 is 17.1 Å². The SMILES string of the molecule is COc1cc([C@H]2c3sc(=O)[nH]c3SC3C(=O)N(c4ccc(Cl)cc4)C(=O)C32)ccc1OCC(=O)Nc1cccc(C)c1. The molecule has 0 saturated carbocycles. The van der Waals surface area contributed by atoms with Crippen molar-refractivity contribution < 1.29 is 23.9 Å². The number of carbonyl (C=O) groups excluding carboxylic acids is 3. The van der Waals surface area contributed by atoms with Gasteiger partial charge in [0, 0.05) is 21.5 Å². The Balaban J connectivity index is 1.30. The number of anilines is 2. The number of nitrogens with zero attached hydrogens (tertiary/aromatic N) is 1. The molecule has 0 spiro atoms. The van der Waals surface area contributed by atoms with Crippen molar-refractivity contribution in [3.8, 4) is 11.5 Å². The Morgan fingerprint density at radius 3 is 2.55 bits per heavy atom. The number of carbonyl (C=O) groups is 3. The molecule has 3 amide bonds. The Bertz CT molecular complexity index is 1770. The number of imide groups is 1. The van der Waals surface area contributed by atoms with E-state index >= 15 is 0 Å². The lowest BCUT2D eigenvalue weighted by Crippen LogP contribution is -2.32. The minimum absolute atomic E-state index is 0.249. The van der Waals surface area contributed by atoms with E-state index in [2.05, 4.69) is 10.3 Å². The van der Waals surface area contributed by atoms with Crippen molar-refractivity contribution in [1.29, 1.82) is 0 Å². The molecule has 2 unspecified atom stereocenters. The van der Waals surface area contributed by atoms with Gasteiger partial charge in [-0.15, -0.1) is 0 Å². The molecule has 214 valence electrons. The van der Waals surface area contributed by atoms with Crippen molar-refractivity contribution in [2.24, 2.45) is 5.92 Å². The van der Waals surface area contributed by atoms with E-state index in [-0.39, 0.29) is 29.2 Å². The van der Waals surface area contributed by atoms with Crippen molar-refractivity contribution in [3.05, 3.63) is 97.4 Å². The number of amides is 3. The highest BCUT2D eigenvalue weighted by Gasteiger charge is 2.56. The van der Waals surface area contributed by atoms with Gasteiger partial charge in [0.25, 0.3) is 5.91 Å². The number of nitrogens with one attached hydrogen (secondary N) is 2. The summed E-state index contributed by atoms with van der Waals surface area (Å²) in [5.41, 5.74) is 2.79. The Morgan fingerprint density at radius 1 is 1.02 bits per heavy atom. The normalized spacial score (nSPS) is 19.3. The molecule has 3 heterocycles. The van der Waals surface area contributed by atoms with E-state index in [0.717, 1.165) is 16.9 Å². The summed E-state index contributed by atoms with van der Waals surface area (Å²) >= 11 is 8.26. The van der Waals surface area contributed by atoms with Gasteiger partial charge < -0.3 is 19.8 Å². The third-order valence-electron chi connectivity index (χ3n) is 7.12. The van der Waals surface area contributed by atoms with Crippen LogP contribution in [-0.2, 0) is 14.4 Å². The fourth-order valence-corrected chi connectivity index (χ4v) is 7.92. The Kier molecular flexibility index (Phi) is 7.56. The minimum Gasteiger partial charge on any atom is -0.493 e. The molecule has 3 aromatic carbocycles. The van der Waals surface area contributed by atoms with Crippen LogP contribution in [-0.4, -0.2) is 41.7 Å². The molecule has 1 saturated heterocycles. The number of aromatic nitrogens is 1. The number of benzene rings is 3. The zero-order valence-electron chi connectivity index (χ0n) is 22.4. The summed E-state index contributed by atoms with van der Waals surface area (Å²) in [6.45, 7) is 1.69. The molecule has 2 N–H and O–H groups in total. The van der Waals surface area contributed by atoms with Crippen LogP contribution in [0.2, 0.25) is 5.02 Å². The van der Waals surface area contributed by atoms with Crippen LogP contribution in [0.3, 0.4) is 0 Å². The van der Waals surface area contributed by atoms with Crippen molar-refractivity contribution in [2.45, 2.75) is 23.1 Å². The number of hydrogen-bond donors (Lipinski definition) is 2. The third-order valence-corrected chi connectivity index (χ3v) is 9.77. The average Bonchev–Trinajstić information content (AvgIpc) is 3.46. The summed E-state index contributed by atoms with van der Waals surface area (Å²) in [5.74, 6) is -1.71. The molecule has 1 fully saturated rings. The van der Waals surface area contributed by atoms with Crippen LogP contribution < -0.4 is 24.6 Å². The first kappa shape index (κ1) is 28.1. The number of aryl methyl sites for hydroxylation is 1. The van der Waals surface area contributed by atoms with E-state index in [9.17, 15) is 19.2 Å². The van der Waals surface area contributed by atoms with Crippen LogP contribution in [0.25, 0.3) is 0 Å². The number of fused-ring (bicyclic) bond motifs is 2. The fraction of sp³-hybridized carbons (Fsp3) is 0.200. The summed E-state index contributed by atoms with van der Waals surface area (Å²) in [7, 11) is 1.48. The lowest BCUT2D eigenvalue weighted by molar-refractivity contribution is -0.122. The molecule has 4 aromatic rings. The highest BCUT2D eigenvalue weighted by molar-refractivity contribution is 8.00. The standard InChI is InChI=1S/C30H24ClN3O6S2/c1-15-4-3-5-18(12-15)32-22(35)14-40-20-11-6-16(13-21(20)39-2)23-24-26(41-27-25(23)42-30(38)33-27)29(37)34(28(24)36)19-9-7-17(31)8-10-19/h3-13,23-24,26H,14H2,1-2H3,(H,32,35)(H,33,38)/t23-,24?,26?/m1/s1. The summed E-state index contributed by atoms with van der Waals surface area (Å²) in [4.78, 5) is 56.8. The molecule has 2 aliphatic rings. The van der Waals surface area contributed by atoms with Gasteiger partial charge in [-0.2, -0.15) is 0 Å². The smallest absolute Gasteiger partial charge is 0.305 e. The Hall–Kier alpha value is -4.06. The van der Waals surface area contributed by atoms with Gasteiger partial charge >= 0.3 is 4.87 Å². The summed E-state index contributed by atoms with van der Waals surface area (Å²) in [5, 5.41) is 3.13. The van der Waals surface area contributed by atoms with Crippen LogP contribution in [0.1, 0.15) is 21.9 Å². The predicted octanol–water partition coefficient (Wildman–Crippen LogP) is 5.22. The van der Waals surface area contributed by atoms with Crippen LogP contribution in [0.15, 0.2) is 76.6 Å². The van der Waals surface area contributed by atoms with Gasteiger partial charge in [-0.3, -0.25) is 19.2 Å². The van der Waals surface area contributed by atoms with Gasteiger partial charge in [0.1, 0.15) is 5.25 Å². The van der Waals surface area contributed by atoms with Gasteiger partial charge in [-0.1, -0.05) is 52.9 Å². The molecule has 42 heavy (non-hydrogen) atoms. The number of thiazole rings is 1. The van der Waals surface area contributed by atoms with Crippen LogP contribution >= 0.6 is 34.7 Å². The molecule has 0 radical (unpaired) electrons. The van der Waals surface area contributed by atoms with Gasteiger partial charge in [0.2, 0.25) is 11.8 Å². The van der Waals surface area contributed by atoms with E-state index in [1.807, 2.05) is 25.1 Å². The predicted molar refractivity (Wildman–Crippen MR) is 162 cm³/mol. The van der Waals surface area contributed by atoms with Crippen molar-refractivity contribution in [1.82, 2.24) is 4.98 Å². The molecular formula is C30H24ClN3O6S2. The zero-order valence-corrected chi connectivity index (χ0v) is 24.8. The molecule has 2 aliphatic heterocycles. The summed E-state index contributed by atoms with van der Waals surface area (Å²) < 4.78 is 11.4. The summed E-state index contributed by atoms with van der Waals surface area (Å²) in [6, 6.07) is 19.1. The van der Waals surface area contributed by atoms with Crippen molar-refractivity contribution >= 4 is 63.8 Å². The zero-order chi connectivity index (χ0) is 29.5. The maximum absolute atomic E-state index is 13.9. The van der Waals surface area contributed by atoms with E-state index in [1.54, 1.807) is 48.5 Å². The van der Waals surface area contributed by atoms with E-state index in [0.29, 0.717) is 43.4 Å². The molecule has 6 rings (SSSR count). The van der Waals surface area contributed by atoms with Gasteiger partial charge in [-0.25, -0.2) is 4.90 Å². The largest absolute Gasteiger partial charge is 0.493 e. The topological polar surface area (TPSA) is 118 Å². The van der Waals surface area contributed by atoms with Gasteiger partial charge in [0.05, 0.1) is 23.7 Å².